The van der Waals surface area contributed by atoms with E-state index in [9.17, 15) is 18.7 Å². The van der Waals surface area contributed by atoms with E-state index in [-0.39, 0.29) is 11.1 Å². The minimum absolute atomic E-state index is 0.0656. The SMILES string of the molecule is C/C=C/[C@H]1CC[C@H](c2ccc(Oc3c(C)cc(P(=O)(O)O)cc3C)c(F)c2)CC1. The predicted molar refractivity (Wildman–Crippen MR) is 114 cm³/mol. The molecule has 2 aromatic rings. The second-order valence-corrected chi connectivity index (χ2v) is 9.49. The monoisotopic (exact) mass is 418 g/mol. The van der Waals surface area contributed by atoms with Crippen LogP contribution < -0.4 is 10.0 Å². The number of aryl methyl sites for hydroxylation is 2. The molecule has 1 fully saturated rings. The van der Waals surface area contributed by atoms with Gasteiger partial charge < -0.3 is 14.5 Å². The van der Waals surface area contributed by atoms with E-state index in [1.165, 1.54) is 12.1 Å². The van der Waals surface area contributed by atoms with Gasteiger partial charge in [0.2, 0.25) is 0 Å². The maximum atomic E-state index is 14.8. The molecule has 29 heavy (non-hydrogen) atoms. The van der Waals surface area contributed by atoms with Gasteiger partial charge in [0.15, 0.2) is 11.6 Å². The highest BCUT2D eigenvalue weighted by Crippen LogP contribution is 2.40. The van der Waals surface area contributed by atoms with Crippen LogP contribution in [-0.4, -0.2) is 9.79 Å². The Bertz CT molecular complexity index is 932. The van der Waals surface area contributed by atoms with Gasteiger partial charge in [-0.2, -0.15) is 0 Å². The largest absolute Gasteiger partial charge is 0.454 e. The number of allylic oxidation sites excluding steroid dienone is 2. The van der Waals surface area contributed by atoms with Gasteiger partial charge in [0.05, 0.1) is 5.30 Å². The first kappa shape index (κ1) is 21.8. The van der Waals surface area contributed by atoms with Crippen molar-refractivity contribution in [1.82, 2.24) is 0 Å². The van der Waals surface area contributed by atoms with Crippen molar-refractivity contribution in [3.63, 3.8) is 0 Å². The van der Waals surface area contributed by atoms with Crippen molar-refractivity contribution in [2.75, 3.05) is 0 Å². The minimum Gasteiger partial charge on any atom is -0.454 e. The third-order valence-corrected chi connectivity index (χ3v) is 6.59. The van der Waals surface area contributed by atoms with Crippen molar-refractivity contribution in [3.05, 3.63) is 65.0 Å². The lowest BCUT2D eigenvalue weighted by Crippen LogP contribution is -2.12. The Labute approximate surface area is 171 Å². The molecule has 6 heteroatoms. The summed E-state index contributed by atoms with van der Waals surface area (Å²) in [6, 6.07) is 7.91. The molecule has 0 atom stereocenters. The lowest BCUT2D eigenvalue weighted by Gasteiger charge is -2.27. The fourth-order valence-corrected chi connectivity index (χ4v) is 4.86. The van der Waals surface area contributed by atoms with Crippen molar-refractivity contribution >= 4 is 12.9 Å². The summed E-state index contributed by atoms with van der Waals surface area (Å²) in [6.07, 6.45) is 8.72. The maximum Gasteiger partial charge on any atom is 0.356 e. The number of hydrogen-bond acceptors (Lipinski definition) is 2. The summed E-state index contributed by atoms with van der Waals surface area (Å²) in [5.41, 5.74) is 2.10. The van der Waals surface area contributed by atoms with Crippen LogP contribution in [0.25, 0.3) is 0 Å². The number of rotatable bonds is 5. The summed E-state index contributed by atoms with van der Waals surface area (Å²) >= 11 is 0. The molecule has 1 saturated carbocycles. The molecule has 0 unspecified atom stereocenters. The quantitative estimate of drug-likeness (QED) is 0.470. The van der Waals surface area contributed by atoms with Crippen LogP contribution in [0.5, 0.6) is 11.5 Å². The van der Waals surface area contributed by atoms with Gasteiger partial charge in [-0.15, -0.1) is 0 Å². The van der Waals surface area contributed by atoms with Gasteiger partial charge in [-0.25, -0.2) is 4.39 Å². The Morgan fingerprint density at radius 1 is 1.07 bits per heavy atom. The van der Waals surface area contributed by atoms with E-state index in [2.05, 4.69) is 12.2 Å². The van der Waals surface area contributed by atoms with Crippen molar-refractivity contribution < 1.29 is 23.5 Å². The molecular formula is C23H28FO4P. The van der Waals surface area contributed by atoms with Crippen LogP contribution in [0.4, 0.5) is 4.39 Å². The summed E-state index contributed by atoms with van der Waals surface area (Å²) in [5, 5.41) is -0.0656. The van der Waals surface area contributed by atoms with Crippen molar-refractivity contribution in [3.8, 4) is 11.5 Å². The van der Waals surface area contributed by atoms with Crippen LogP contribution in [0.3, 0.4) is 0 Å². The Hall–Kier alpha value is -1.94. The topological polar surface area (TPSA) is 66.8 Å². The predicted octanol–water partition coefficient (Wildman–Crippen LogP) is 5.89. The van der Waals surface area contributed by atoms with E-state index in [4.69, 9.17) is 4.74 Å². The van der Waals surface area contributed by atoms with Gasteiger partial charge in [-0.1, -0.05) is 18.2 Å². The molecule has 1 aliphatic carbocycles. The standard InChI is InChI=1S/C23H28FO4P/c1-4-5-17-6-8-18(9-7-17)19-10-11-22(21(24)14-19)28-23-15(2)12-20(13-16(23)3)29(25,26)27/h4-5,10-14,17-18H,6-9H2,1-3H3,(H2,25,26,27)/b5-4+/t17-,18-. The molecule has 1 aliphatic rings. The summed E-state index contributed by atoms with van der Waals surface area (Å²) in [5.74, 6) is 1.11. The molecule has 0 spiro atoms. The highest BCUT2D eigenvalue weighted by atomic mass is 31.2. The average molecular weight is 418 g/mol. The van der Waals surface area contributed by atoms with Crippen molar-refractivity contribution in [2.45, 2.75) is 52.4 Å². The zero-order valence-electron chi connectivity index (χ0n) is 17.1. The Morgan fingerprint density at radius 3 is 2.21 bits per heavy atom. The van der Waals surface area contributed by atoms with E-state index in [1.807, 2.05) is 13.0 Å². The fourth-order valence-electron chi connectivity index (χ4n) is 4.14. The first-order chi connectivity index (χ1) is 13.7. The highest BCUT2D eigenvalue weighted by Gasteiger charge is 2.23. The molecule has 0 heterocycles. The third kappa shape index (κ3) is 5.16. The number of hydrogen-bond donors (Lipinski definition) is 2. The summed E-state index contributed by atoms with van der Waals surface area (Å²) < 4.78 is 32.0. The lowest BCUT2D eigenvalue weighted by molar-refractivity contribution is 0.373. The van der Waals surface area contributed by atoms with Gasteiger partial charge in [0, 0.05) is 0 Å². The molecule has 0 bridgehead atoms. The van der Waals surface area contributed by atoms with Crippen molar-refractivity contribution in [1.29, 1.82) is 0 Å². The lowest BCUT2D eigenvalue weighted by atomic mass is 9.78. The molecule has 0 amide bonds. The van der Waals surface area contributed by atoms with Gasteiger partial charge in [-0.3, -0.25) is 4.57 Å². The zero-order chi connectivity index (χ0) is 21.2. The second-order valence-electron chi connectivity index (χ2n) is 7.88. The average Bonchev–Trinajstić information content (AvgIpc) is 2.65. The molecule has 3 rings (SSSR count). The smallest absolute Gasteiger partial charge is 0.356 e. The second kappa shape index (κ2) is 8.83. The molecule has 2 N–H and O–H groups in total. The third-order valence-electron chi connectivity index (χ3n) is 5.66. The summed E-state index contributed by atoms with van der Waals surface area (Å²) in [6.45, 7) is 5.43. The highest BCUT2D eigenvalue weighted by molar-refractivity contribution is 7.60. The number of halogens is 1. The van der Waals surface area contributed by atoms with E-state index >= 15 is 0 Å². The van der Waals surface area contributed by atoms with E-state index in [1.54, 1.807) is 26.0 Å². The Morgan fingerprint density at radius 2 is 1.69 bits per heavy atom. The van der Waals surface area contributed by atoms with Crippen LogP contribution in [0, 0.1) is 25.6 Å². The first-order valence-corrected chi connectivity index (χ1v) is 11.6. The maximum absolute atomic E-state index is 14.8. The van der Waals surface area contributed by atoms with Gasteiger partial charge in [0.1, 0.15) is 5.75 Å². The van der Waals surface area contributed by atoms with Crippen molar-refractivity contribution in [2.24, 2.45) is 5.92 Å². The van der Waals surface area contributed by atoms with Crippen LogP contribution >= 0.6 is 7.60 Å². The molecule has 0 aromatic heterocycles. The molecule has 0 aliphatic heterocycles. The first-order valence-electron chi connectivity index (χ1n) is 9.96. The van der Waals surface area contributed by atoms with Crippen LogP contribution in [0.1, 0.15) is 55.2 Å². The van der Waals surface area contributed by atoms with Crippen LogP contribution in [0.15, 0.2) is 42.5 Å². The molecule has 156 valence electrons. The normalized spacial score (nSPS) is 20.2. The van der Waals surface area contributed by atoms with E-state index < -0.39 is 13.4 Å². The van der Waals surface area contributed by atoms with E-state index in [0.717, 1.165) is 31.2 Å². The number of ether oxygens (including phenoxy) is 1. The van der Waals surface area contributed by atoms with Gasteiger partial charge >= 0.3 is 7.60 Å². The zero-order valence-corrected chi connectivity index (χ0v) is 18.0. The Kier molecular flexibility index (Phi) is 6.62. The molecule has 4 nitrogen and oxygen atoms in total. The van der Waals surface area contributed by atoms with Gasteiger partial charge in [0.25, 0.3) is 0 Å². The Balaban J connectivity index is 1.77. The molecule has 0 radical (unpaired) electrons. The molecular weight excluding hydrogens is 390 g/mol. The molecule has 2 aromatic carbocycles. The van der Waals surface area contributed by atoms with Crippen LogP contribution in [-0.2, 0) is 4.57 Å². The minimum atomic E-state index is -4.35. The van der Waals surface area contributed by atoms with Crippen LogP contribution in [0.2, 0.25) is 0 Å². The van der Waals surface area contributed by atoms with Gasteiger partial charge in [-0.05, 0) is 99.2 Å². The fraction of sp³-hybridized carbons (Fsp3) is 0.391. The summed E-state index contributed by atoms with van der Waals surface area (Å²) in [4.78, 5) is 18.7. The summed E-state index contributed by atoms with van der Waals surface area (Å²) in [7, 11) is -4.35. The van der Waals surface area contributed by atoms with E-state index in [0.29, 0.717) is 28.7 Å². The number of benzene rings is 2. The molecule has 0 saturated heterocycles.